The highest BCUT2D eigenvalue weighted by molar-refractivity contribution is 5.79. The molecule has 2 atom stereocenters. The molecule has 2 aliphatic rings. The van der Waals surface area contributed by atoms with Gasteiger partial charge in [0, 0.05) is 31.5 Å². The van der Waals surface area contributed by atoms with Crippen molar-refractivity contribution in [2.45, 2.75) is 52.0 Å². The van der Waals surface area contributed by atoms with Gasteiger partial charge < -0.3 is 10.0 Å². The molecule has 0 spiro atoms. The molecule has 16 heavy (non-hydrogen) atoms. The maximum absolute atomic E-state index is 11.9. The Bertz CT molecular complexity index is 275. The van der Waals surface area contributed by atoms with Crippen LogP contribution in [0, 0.1) is 11.3 Å². The van der Waals surface area contributed by atoms with Crippen LogP contribution in [0.3, 0.4) is 0 Å². The molecule has 0 aromatic rings. The summed E-state index contributed by atoms with van der Waals surface area (Å²) in [6.07, 6.45) is 5.32. The van der Waals surface area contributed by atoms with E-state index in [1.54, 1.807) is 0 Å². The van der Waals surface area contributed by atoms with Crippen LogP contribution in [0.15, 0.2) is 0 Å². The molecule has 1 N–H and O–H groups in total. The van der Waals surface area contributed by atoms with E-state index in [9.17, 15) is 4.79 Å². The Morgan fingerprint density at radius 3 is 2.81 bits per heavy atom. The number of hydrogen-bond donors (Lipinski definition) is 1. The molecular weight excluding hydrogens is 202 g/mol. The molecule has 92 valence electrons. The van der Waals surface area contributed by atoms with Gasteiger partial charge >= 0.3 is 0 Å². The first-order chi connectivity index (χ1) is 7.52. The second-order valence-corrected chi connectivity index (χ2v) is 6.21. The van der Waals surface area contributed by atoms with Gasteiger partial charge in [-0.3, -0.25) is 4.79 Å². The van der Waals surface area contributed by atoms with Crippen LogP contribution in [0.5, 0.6) is 0 Å². The topological polar surface area (TPSA) is 40.5 Å². The summed E-state index contributed by atoms with van der Waals surface area (Å²) in [5.74, 6) is 0.430. The number of amides is 1. The van der Waals surface area contributed by atoms with Gasteiger partial charge in [0.25, 0.3) is 0 Å². The van der Waals surface area contributed by atoms with E-state index in [0.29, 0.717) is 17.9 Å². The first kappa shape index (κ1) is 11.9. The zero-order valence-corrected chi connectivity index (χ0v) is 10.4. The molecule has 0 aromatic heterocycles. The summed E-state index contributed by atoms with van der Waals surface area (Å²) >= 11 is 0. The first-order valence-electron chi connectivity index (χ1n) is 6.42. The van der Waals surface area contributed by atoms with Gasteiger partial charge in [-0.2, -0.15) is 0 Å². The molecular formula is C13H23NO2. The lowest BCUT2D eigenvalue weighted by Crippen LogP contribution is -2.42. The van der Waals surface area contributed by atoms with Crippen LogP contribution < -0.4 is 0 Å². The molecule has 2 rings (SSSR count). The van der Waals surface area contributed by atoms with E-state index in [-0.39, 0.29) is 18.4 Å². The average molecular weight is 225 g/mol. The molecule has 1 heterocycles. The van der Waals surface area contributed by atoms with Crippen LogP contribution in [0.1, 0.15) is 46.0 Å². The third-order valence-electron chi connectivity index (χ3n) is 4.12. The van der Waals surface area contributed by atoms with Gasteiger partial charge in [0.2, 0.25) is 5.91 Å². The summed E-state index contributed by atoms with van der Waals surface area (Å²) < 4.78 is 0. The molecule has 1 saturated heterocycles. The molecule has 2 unspecified atom stereocenters. The summed E-state index contributed by atoms with van der Waals surface area (Å²) in [4.78, 5) is 13.9. The minimum absolute atomic E-state index is 0.151. The van der Waals surface area contributed by atoms with Crippen molar-refractivity contribution in [2.75, 3.05) is 13.2 Å². The second kappa shape index (κ2) is 4.36. The van der Waals surface area contributed by atoms with Crippen molar-refractivity contribution in [2.24, 2.45) is 11.3 Å². The lowest BCUT2D eigenvalue weighted by atomic mass is 9.75. The van der Waals surface area contributed by atoms with Gasteiger partial charge in [-0.05, 0) is 24.7 Å². The third kappa shape index (κ3) is 2.40. The number of likely N-dealkylation sites (tertiary alicyclic amines) is 1. The molecule has 1 saturated carbocycles. The number of hydrogen-bond acceptors (Lipinski definition) is 2. The van der Waals surface area contributed by atoms with E-state index in [0.717, 1.165) is 19.4 Å². The molecule has 1 aliphatic carbocycles. The van der Waals surface area contributed by atoms with E-state index in [1.165, 1.54) is 12.8 Å². The number of rotatable bonds is 2. The normalized spacial score (nSPS) is 34.4. The summed E-state index contributed by atoms with van der Waals surface area (Å²) in [7, 11) is 0. The summed E-state index contributed by atoms with van der Waals surface area (Å²) in [6.45, 7) is 5.51. The molecule has 0 aromatic carbocycles. The van der Waals surface area contributed by atoms with E-state index < -0.39 is 0 Å². The number of aliphatic hydroxyl groups excluding tert-OH is 1. The van der Waals surface area contributed by atoms with Crippen molar-refractivity contribution >= 4 is 5.91 Å². The third-order valence-corrected chi connectivity index (χ3v) is 4.12. The predicted octanol–water partition coefficient (Wildman–Crippen LogP) is 1.80. The van der Waals surface area contributed by atoms with Crippen molar-refractivity contribution in [1.82, 2.24) is 4.90 Å². The fourth-order valence-corrected chi connectivity index (χ4v) is 3.21. The monoisotopic (exact) mass is 225 g/mol. The van der Waals surface area contributed by atoms with Gasteiger partial charge in [-0.1, -0.05) is 20.3 Å². The average Bonchev–Trinajstić information content (AvgIpc) is 2.58. The quantitative estimate of drug-likeness (QED) is 0.778. The van der Waals surface area contributed by atoms with Gasteiger partial charge in [0.05, 0.1) is 0 Å². The first-order valence-corrected chi connectivity index (χ1v) is 6.42. The Kier molecular flexibility index (Phi) is 3.24. The Morgan fingerprint density at radius 2 is 2.25 bits per heavy atom. The number of carbonyl (C=O) groups is 1. The largest absolute Gasteiger partial charge is 0.396 e. The maximum Gasteiger partial charge on any atom is 0.223 e. The van der Waals surface area contributed by atoms with Gasteiger partial charge in [-0.15, -0.1) is 0 Å². The van der Waals surface area contributed by atoms with Crippen LogP contribution in [0.2, 0.25) is 0 Å². The zero-order chi connectivity index (χ0) is 11.8. The van der Waals surface area contributed by atoms with Gasteiger partial charge in [-0.25, -0.2) is 0 Å². The molecule has 2 fully saturated rings. The summed E-state index contributed by atoms with van der Waals surface area (Å²) in [5, 5.41) is 9.12. The Hall–Kier alpha value is -0.570. The van der Waals surface area contributed by atoms with Crippen molar-refractivity contribution in [1.29, 1.82) is 0 Å². The summed E-state index contributed by atoms with van der Waals surface area (Å²) in [5.41, 5.74) is 0.375. The number of carbonyl (C=O) groups excluding carboxylic acids is 1. The Labute approximate surface area is 97.8 Å². The van der Waals surface area contributed by atoms with E-state index in [1.807, 2.05) is 4.90 Å². The lowest BCUT2D eigenvalue weighted by Gasteiger charge is -2.39. The lowest BCUT2D eigenvalue weighted by molar-refractivity contribution is -0.130. The van der Waals surface area contributed by atoms with Crippen LogP contribution in [-0.2, 0) is 4.79 Å². The van der Waals surface area contributed by atoms with Crippen molar-refractivity contribution < 1.29 is 9.90 Å². The van der Waals surface area contributed by atoms with E-state index in [4.69, 9.17) is 5.11 Å². The molecule has 1 amide bonds. The fourth-order valence-electron chi connectivity index (χ4n) is 3.21. The smallest absolute Gasteiger partial charge is 0.223 e. The molecule has 3 heteroatoms. The molecule has 0 bridgehead atoms. The Morgan fingerprint density at radius 1 is 1.50 bits per heavy atom. The van der Waals surface area contributed by atoms with E-state index in [2.05, 4.69) is 13.8 Å². The highest BCUT2D eigenvalue weighted by atomic mass is 16.3. The number of aliphatic hydroxyl groups is 1. The maximum atomic E-state index is 11.9. The van der Waals surface area contributed by atoms with Crippen molar-refractivity contribution in [3.63, 3.8) is 0 Å². The summed E-state index contributed by atoms with van der Waals surface area (Å²) in [6, 6.07) is 0.424. The molecule has 0 radical (unpaired) electrons. The zero-order valence-electron chi connectivity index (χ0n) is 10.4. The van der Waals surface area contributed by atoms with E-state index >= 15 is 0 Å². The molecule has 1 aliphatic heterocycles. The van der Waals surface area contributed by atoms with Crippen LogP contribution in [0.4, 0.5) is 0 Å². The highest BCUT2D eigenvalue weighted by Crippen LogP contribution is 2.38. The van der Waals surface area contributed by atoms with Crippen LogP contribution in [0.25, 0.3) is 0 Å². The van der Waals surface area contributed by atoms with Gasteiger partial charge in [0.15, 0.2) is 0 Å². The minimum Gasteiger partial charge on any atom is -0.396 e. The van der Waals surface area contributed by atoms with Crippen molar-refractivity contribution in [3.8, 4) is 0 Å². The highest BCUT2D eigenvalue weighted by Gasteiger charge is 2.38. The second-order valence-electron chi connectivity index (χ2n) is 6.21. The molecule has 3 nitrogen and oxygen atoms in total. The van der Waals surface area contributed by atoms with Gasteiger partial charge in [0.1, 0.15) is 0 Å². The predicted molar refractivity (Wildman–Crippen MR) is 62.9 cm³/mol. The number of nitrogens with zero attached hydrogens (tertiary/aromatic N) is 1. The van der Waals surface area contributed by atoms with Crippen LogP contribution >= 0.6 is 0 Å². The minimum atomic E-state index is 0.151. The SMILES string of the molecule is CC1(C)CCCC(N2CC(CO)CC2=O)C1. The standard InChI is InChI=1S/C13H23NO2/c1-13(2)5-3-4-11(7-13)14-8-10(9-15)6-12(14)16/h10-11,15H,3-9H2,1-2H3. The van der Waals surface area contributed by atoms with Crippen LogP contribution in [-0.4, -0.2) is 35.1 Å². The fraction of sp³-hybridized carbons (Fsp3) is 0.923. The Balaban J connectivity index is 1.99. The van der Waals surface area contributed by atoms with Crippen molar-refractivity contribution in [3.05, 3.63) is 0 Å².